The lowest BCUT2D eigenvalue weighted by molar-refractivity contribution is -0.124. The first kappa shape index (κ1) is 23.1. The molecule has 9 heteroatoms. The largest absolute Gasteiger partial charge is 0.493 e. The van der Waals surface area contributed by atoms with Gasteiger partial charge in [0.25, 0.3) is 12.1 Å². The number of halogens is 1. The number of anilines is 1. The summed E-state index contributed by atoms with van der Waals surface area (Å²) in [5.41, 5.74) is 2.40. The van der Waals surface area contributed by atoms with Crippen molar-refractivity contribution in [2.75, 3.05) is 26.6 Å². The molecule has 174 valence electrons. The van der Waals surface area contributed by atoms with E-state index in [-0.39, 0.29) is 17.1 Å². The highest BCUT2D eigenvalue weighted by atomic mass is 35.5. The zero-order valence-electron chi connectivity index (χ0n) is 18.6. The third kappa shape index (κ3) is 4.53. The Hall–Kier alpha value is -4.04. The van der Waals surface area contributed by atoms with Crippen molar-refractivity contribution in [2.45, 2.75) is 6.23 Å². The Kier molecular flexibility index (Phi) is 6.70. The molecule has 3 aromatic carbocycles. The highest BCUT2D eigenvalue weighted by molar-refractivity contribution is 6.32. The van der Waals surface area contributed by atoms with E-state index in [4.69, 9.17) is 30.5 Å². The van der Waals surface area contributed by atoms with Gasteiger partial charge in [0.15, 0.2) is 11.5 Å². The van der Waals surface area contributed by atoms with Crippen molar-refractivity contribution < 1.29 is 28.5 Å². The standard InChI is InChI=1S/C25H21ClN2O6/c1-31-19-11-15(12-20(32-2)22(19)33-3)25(30)34-24-23(29)27-18-10-9-16(26)13-17(18)21(28-24)14-7-5-4-6-8-14/h4-13,24H,1-3H3,(H,27,29). The number of benzene rings is 3. The quantitative estimate of drug-likeness (QED) is 0.527. The average molecular weight is 481 g/mol. The fourth-order valence-corrected chi connectivity index (χ4v) is 3.71. The zero-order chi connectivity index (χ0) is 24.2. The van der Waals surface area contributed by atoms with Crippen LogP contribution >= 0.6 is 11.6 Å². The fourth-order valence-electron chi connectivity index (χ4n) is 3.54. The van der Waals surface area contributed by atoms with E-state index in [1.54, 1.807) is 18.2 Å². The number of rotatable bonds is 6. The summed E-state index contributed by atoms with van der Waals surface area (Å²) in [4.78, 5) is 30.5. The molecule has 0 saturated carbocycles. The van der Waals surface area contributed by atoms with Crippen LogP contribution in [0.2, 0.25) is 5.02 Å². The number of aliphatic imine (C=N–C) groups is 1. The molecule has 0 bridgehead atoms. The first-order chi connectivity index (χ1) is 16.4. The Labute approximate surface area is 201 Å². The van der Waals surface area contributed by atoms with Crippen molar-refractivity contribution in [3.63, 3.8) is 0 Å². The molecule has 0 fully saturated rings. The second-order valence-corrected chi connectivity index (χ2v) is 7.63. The predicted molar refractivity (Wildman–Crippen MR) is 127 cm³/mol. The lowest BCUT2D eigenvalue weighted by Gasteiger charge is -2.15. The van der Waals surface area contributed by atoms with Crippen molar-refractivity contribution in [1.82, 2.24) is 0 Å². The second kappa shape index (κ2) is 9.84. The van der Waals surface area contributed by atoms with Gasteiger partial charge in [0.05, 0.1) is 38.3 Å². The minimum Gasteiger partial charge on any atom is -0.493 e. The van der Waals surface area contributed by atoms with Gasteiger partial charge in [-0.2, -0.15) is 0 Å². The number of hydrogen-bond donors (Lipinski definition) is 1. The topological polar surface area (TPSA) is 95.5 Å². The van der Waals surface area contributed by atoms with Crippen LogP contribution in [-0.4, -0.2) is 45.1 Å². The summed E-state index contributed by atoms with van der Waals surface area (Å²) in [6.07, 6.45) is -1.45. The summed E-state index contributed by atoms with van der Waals surface area (Å²) < 4.78 is 21.4. The van der Waals surface area contributed by atoms with Crippen LogP contribution in [0.4, 0.5) is 5.69 Å². The lowest BCUT2D eigenvalue weighted by atomic mass is 10.0. The van der Waals surface area contributed by atoms with E-state index in [2.05, 4.69) is 10.3 Å². The van der Waals surface area contributed by atoms with Gasteiger partial charge in [0.2, 0.25) is 5.75 Å². The van der Waals surface area contributed by atoms with Crippen LogP contribution in [0.5, 0.6) is 17.2 Å². The molecule has 1 N–H and O–H groups in total. The maximum absolute atomic E-state index is 13.0. The number of nitrogens with zero attached hydrogens (tertiary/aromatic N) is 1. The van der Waals surface area contributed by atoms with Crippen LogP contribution in [-0.2, 0) is 9.53 Å². The van der Waals surface area contributed by atoms with E-state index in [0.29, 0.717) is 27.7 Å². The second-order valence-electron chi connectivity index (χ2n) is 7.19. The Balaban J connectivity index is 1.74. The van der Waals surface area contributed by atoms with Crippen LogP contribution in [0.1, 0.15) is 21.5 Å². The number of carbonyl (C=O) groups excluding carboxylic acids is 2. The van der Waals surface area contributed by atoms with Gasteiger partial charge >= 0.3 is 5.97 Å². The fraction of sp³-hybridized carbons (Fsp3) is 0.160. The Morgan fingerprint density at radius 2 is 1.62 bits per heavy atom. The monoisotopic (exact) mass is 480 g/mol. The van der Waals surface area contributed by atoms with Gasteiger partial charge in [-0.15, -0.1) is 0 Å². The molecule has 1 heterocycles. The van der Waals surface area contributed by atoms with E-state index >= 15 is 0 Å². The molecule has 1 unspecified atom stereocenters. The lowest BCUT2D eigenvalue weighted by Crippen LogP contribution is -2.30. The molecule has 0 aliphatic carbocycles. The van der Waals surface area contributed by atoms with Crippen molar-refractivity contribution in [1.29, 1.82) is 0 Å². The molecule has 0 saturated heterocycles. The molecule has 3 aromatic rings. The first-order valence-electron chi connectivity index (χ1n) is 10.2. The van der Waals surface area contributed by atoms with Crippen LogP contribution in [0.25, 0.3) is 0 Å². The zero-order valence-corrected chi connectivity index (χ0v) is 19.4. The molecule has 4 rings (SSSR count). The molecule has 8 nitrogen and oxygen atoms in total. The van der Waals surface area contributed by atoms with Gasteiger partial charge in [0.1, 0.15) is 0 Å². The van der Waals surface area contributed by atoms with Crippen molar-refractivity contribution in [2.24, 2.45) is 4.99 Å². The maximum Gasteiger partial charge on any atom is 0.340 e. The number of hydrogen-bond acceptors (Lipinski definition) is 7. The Bertz CT molecular complexity index is 1250. The molecule has 0 radical (unpaired) electrons. The first-order valence-corrected chi connectivity index (χ1v) is 10.6. The third-order valence-corrected chi connectivity index (χ3v) is 5.37. The van der Waals surface area contributed by atoms with Crippen LogP contribution < -0.4 is 19.5 Å². The van der Waals surface area contributed by atoms with Gasteiger partial charge in [0, 0.05) is 16.1 Å². The minimum absolute atomic E-state index is 0.101. The Morgan fingerprint density at radius 1 is 0.941 bits per heavy atom. The molecule has 0 spiro atoms. The molecular weight excluding hydrogens is 460 g/mol. The van der Waals surface area contributed by atoms with Gasteiger partial charge < -0.3 is 24.3 Å². The maximum atomic E-state index is 13.0. The van der Waals surface area contributed by atoms with Crippen LogP contribution in [0.15, 0.2) is 65.7 Å². The summed E-state index contributed by atoms with van der Waals surface area (Å²) in [6.45, 7) is 0. The number of carbonyl (C=O) groups is 2. The van der Waals surface area contributed by atoms with Crippen molar-refractivity contribution in [3.8, 4) is 17.2 Å². The molecule has 1 amide bonds. The van der Waals surface area contributed by atoms with E-state index in [9.17, 15) is 9.59 Å². The number of ether oxygens (including phenoxy) is 4. The molecule has 34 heavy (non-hydrogen) atoms. The van der Waals surface area contributed by atoms with E-state index in [1.807, 2.05) is 30.3 Å². The van der Waals surface area contributed by atoms with E-state index in [1.165, 1.54) is 33.5 Å². The number of benzodiazepines with no additional fused rings is 1. The number of nitrogens with one attached hydrogen (secondary N) is 1. The highest BCUT2D eigenvalue weighted by Gasteiger charge is 2.30. The van der Waals surface area contributed by atoms with Gasteiger partial charge in [-0.3, -0.25) is 4.79 Å². The van der Waals surface area contributed by atoms with Gasteiger partial charge in [-0.05, 0) is 30.3 Å². The summed E-state index contributed by atoms with van der Waals surface area (Å²) in [6, 6.07) is 17.2. The number of esters is 1. The minimum atomic E-state index is -1.45. The molecule has 0 aromatic heterocycles. The average Bonchev–Trinajstić information content (AvgIpc) is 2.99. The number of methoxy groups -OCH3 is 3. The van der Waals surface area contributed by atoms with Crippen molar-refractivity contribution >= 4 is 34.9 Å². The summed E-state index contributed by atoms with van der Waals surface area (Å²) in [5, 5.41) is 3.24. The molecule has 1 atom stereocenters. The summed E-state index contributed by atoms with van der Waals surface area (Å²) >= 11 is 6.21. The molecular formula is C25H21ClN2O6. The predicted octanol–water partition coefficient (Wildman–Crippen LogP) is 4.34. The smallest absolute Gasteiger partial charge is 0.340 e. The van der Waals surface area contributed by atoms with Crippen LogP contribution in [0.3, 0.4) is 0 Å². The molecule has 1 aliphatic rings. The van der Waals surface area contributed by atoms with Gasteiger partial charge in [-0.25, -0.2) is 9.79 Å². The number of fused-ring (bicyclic) bond motifs is 1. The Morgan fingerprint density at radius 3 is 2.24 bits per heavy atom. The third-order valence-electron chi connectivity index (χ3n) is 5.13. The normalized spacial score (nSPS) is 14.8. The van der Waals surface area contributed by atoms with E-state index < -0.39 is 18.1 Å². The van der Waals surface area contributed by atoms with Crippen molar-refractivity contribution in [3.05, 3.63) is 82.4 Å². The van der Waals surface area contributed by atoms with Gasteiger partial charge in [-0.1, -0.05) is 41.9 Å². The summed E-state index contributed by atoms with van der Waals surface area (Å²) in [7, 11) is 4.33. The highest BCUT2D eigenvalue weighted by Crippen LogP contribution is 2.38. The SMILES string of the molecule is COc1cc(C(=O)OC2N=C(c3ccccc3)c3cc(Cl)ccc3NC2=O)cc(OC)c1OC. The molecule has 1 aliphatic heterocycles. The van der Waals surface area contributed by atoms with Crippen LogP contribution in [0, 0.1) is 0 Å². The van der Waals surface area contributed by atoms with E-state index in [0.717, 1.165) is 5.56 Å². The number of amides is 1. The summed E-state index contributed by atoms with van der Waals surface area (Å²) in [5.74, 6) is -0.524.